The maximum Gasteiger partial charge on any atom is 0.312 e. The molecule has 1 aromatic heterocycles. The zero-order valence-corrected chi connectivity index (χ0v) is 19.6. The third-order valence-electron chi connectivity index (χ3n) is 4.79. The average Bonchev–Trinajstić information content (AvgIpc) is 2.70. The summed E-state index contributed by atoms with van der Waals surface area (Å²) in [7, 11) is 2.92. The lowest BCUT2D eigenvalue weighted by molar-refractivity contribution is 0.0527. The van der Waals surface area contributed by atoms with Crippen LogP contribution in [0.15, 0.2) is 18.2 Å². The molecular weight excluding hydrogens is 467 g/mol. The van der Waals surface area contributed by atoms with Crippen molar-refractivity contribution >= 4 is 64.9 Å². The monoisotopic (exact) mass is 492 g/mol. The van der Waals surface area contributed by atoms with Crippen molar-refractivity contribution in [3.63, 3.8) is 0 Å². The second kappa shape index (κ2) is 12.8. The Morgan fingerprint density at radius 1 is 1.19 bits per heavy atom. The van der Waals surface area contributed by atoms with E-state index in [1.807, 2.05) is 0 Å². The van der Waals surface area contributed by atoms with Gasteiger partial charge in [-0.15, -0.1) is 24.8 Å². The number of benzene rings is 1. The molecule has 0 unspecified atom stereocenters. The maximum absolute atomic E-state index is 12.2. The van der Waals surface area contributed by atoms with Gasteiger partial charge < -0.3 is 15.4 Å². The van der Waals surface area contributed by atoms with Gasteiger partial charge in [-0.25, -0.2) is 15.4 Å². The number of rotatable bonds is 7. The Morgan fingerprint density at radius 2 is 1.90 bits per heavy atom. The van der Waals surface area contributed by atoms with Gasteiger partial charge in [0.1, 0.15) is 18.3 Å². The Morgan fingerprint density at radius 3 is 2.58 bits per heavy atom. The van der Waals surface area contributed by atoms with Gasteiger partial charge >= 0.3 is 5.91 Å². The third-order valence-corrected chi connectivity index (χ3v) is 5.03. The van der Waals surface area contributed by atoms with Crippen LogP contribution in [0.25, 0.3) is 10.9 Å². The SMILES string of the molecule is COCC(=N)N[C@@H]1CCCC[C@@H]1Nc1nc(C(=O)NOC)nc2ccc(Cl)cc12.Cl.Cl. The Balaban J connectivity index is 0.00000240. The van der Waals surface area contributed by atoms with Crippen molar-refractivity contribution in [3.8, 4) is 0 Å². The Hall–Kier alpha value is -1.91. The van der Waals surface area contributed by atoms with Crippen LogP contribution in [0.5, 0.6) is 0 Å². The number of anilines is 1. The van der Waals surface area contributed by atoms with Crippen molar-refractivity contribution in [1.29, 1.82) is 5.41 Å². The number of halogens is 3. The Kier molecular flexibility index (Phi) is 11.2. The van der Waals surface area contributed by atoms with Gasteiger partial charge in [0, 0.05) is 29.6 Å². The first-order valence-electron chi connectivity index (χ1n) is 9.42. The number of nitrogens with zero attached hydrogens (tertiary/aromatic N) is 2. The zero-order valence-electron chi connectivity index (χ0n) is 17.2. The van der Waals surface area contributed by atoms with Gasteiger partial charge in [0.25, 0.3) is 0 Å². The number of carbonyl (C=O) groups is 1. The molecule has 1 aliphatic carbocycles. The van der Waals surface area contributed by atoms with Gasteiger partial charge in [-0.2, -0.15) is 0 Å². The molecule has 172 valence electrons. The molecule has 1 amide bonds. The molecule has 0 spiro atoms. The quantitative estimate of drug-likeness (QED) is 0.265. The van der Waals surface area contributed by atoms with E-state index in [9.17, 15) is 4.79 Å². The van der Waals surface area contributed by atoms with Crippen LogP contribution in [-0.4, -0.2) is 54.6 Å². The summed E-state index contributed by atoms with van der Waals surface area (Å²) in [5, 5.41) is 16.0. The number of ether oxygens (including phenoxy) is 1. The number of nitrogens with one attached hydrogen (secondary N) is 4. The van der Waals surface area contributed by atoms with Gasteiger partial charge in [-0.3, -0.25) is 15.0 Å². The predicted octanol–water partition coefficient (Wildman–Crippen LogP) is 3.35. The van der Waals surface area contributed by atoms with Gasteiger partial charge in [-0.1, -0.05) is 24.4 Å². The van der Waals surface area contributed by atoms with Crippen LogP contribution in [0, 0.1) is 5.41 Å². The molecule has 0 saturated heterocycles. The van der Waals surface area contributed by atoms with Crippen LogP contribution >= 0.6 is 36.4 Å². The number of methoxy groups -OCH3 is 1. The number of fused-ring (bicyclic) bond motifs is 1. The topological polar surface area (TPSA) is 121 Å². The first kappa shape index (κ1) is 27.1. The fourth-order valence-corrected chi connectivity index (χ4v) is 3.68. The van der Waals surface area contributed by atoms with Crippen molar-refractivity contribution in [1.82, 2.24) is 20.8 Å². The minimum absolute atomic E-state index is 0. The molecule has 3 rings (SSSR count). The molecule has 1 aliphatic rings. The normalized spacial score (nSPS) is 17.8. The lowest BCUT2D eigenvalue weighted by Crippen LogP contribution is -2.49. The van der Waals surface area contributed by atoms with E-state index in [0.717, 1.165) is 31.1 Å². The lowest BCUT2D eigenvalue weighted by atomic mass is 9.90. The number of hydroxylamine groups is 1. The summed E-state index contributed by atoms with van der Waals surface area (Å²) in [5.74, 6) is 0.321. The van der Waals surface area contributed by atoms with E-state index >= 15 is 0 Å². The molecule has 1 fully saturated rings. The van der Waals surface area contributed by atoms with E-state index in [2.05, 4.69) is 26.1 Å². The second-order valence-electron chi connectivity index (χ2n) is 6.89. The first-order chi connectivity index (χ1) is 14.0. The Bertz CT molecular complexity index is 902. The molecule has 2 atom stereocenters. The molecule has 4 N–H and O–H groups in total. The van der Waals surface area contributed by atoms with Crippen molar-refractivity contribution in [3.05, 3.63) is 29.0 Å². The highest BCUT2D eigenvalue weighted by atomic mass is 35.5. The summed E-state index contributed by atoms with van der Waals surface area (Å²) in [4.78, 5) is 25.6. The molecule has 2 aromatic rings. The highest BCUT2D eigenvalue weighted by Gasteiger charge is 2.27. The highest BCUT2D eigenvalue weighted by Crippen LogP contribution is 2.28. The number of hydrogen-bond donors (Lipinski definition) is 4. The van der Waals surface area contributed by atoms with Crippen LogP contribution in [0.4, 0.5) is 5.82 Å². The number of carbonyl (C=O) groups excluding carboxylic acids is 1. The van der Waals surface area contributed by atoms with Crippen LogP contribution < -0.4 is 16.1 Å². The van der Waals surface area contributed by atoms with Gasteiger partial charge in [0.2, 0.25) is 5.82 Å². The first-order valence-corrected chi connectivity index (χ1v) is 9.79. The number of hydrogen-bond acceptors (Lipinski definition) is 7. The Labute approximate surface area is 198 Å². The maximum atomic E-state index is 12.2. The van der Waals surface area contributed by atoms with E-state index in [1.54, 1.807) is 25.3 Å². The number of aromatic nitrogens is 2. The lowest BCUT2D eigenvalue weighted by Gasteiger charge is -2.34. The summed E-state index contributed by atoms with van der Waals surface area (Å²) in [6.07, 6.45) is 3.97. The van der Waals surface area contributed by atoms with Crippen molar-refractivity contribution in [2.75, 3.05) is 26.1 Å². The molecule has 12 heteroatoms. The van der Waals surface area contributed by atoms with Crippen molar-refractivity contribution in [2.45, 2.75) is 37.8 Å². The molecule has 0 aliphatic heterocycles. The molecule has 1 saturated carbocycles. The van der Waals surface area contributed by atoms with Gasteiger partial charge in [0.05, 0.1) is 12.6 Å². The highest BCUT2D eigenvalue weighted by molar-refractivity contribution is 6.31. The fraction of sp³-hybridized carbons (Fsp3) is 0.474. The molecule has 1 heterocycles. The molecule has 0 bridgehead atoms. The summed E-state index contributed by atoms with van der Waals surface area (Å²) < 4.78 is 5.04. The van der Waals surface area contributed by atoms with Crippen LogP contribution in [0.1, 0.15) is 36.3 Å². The zero-order chi connectivity index (χ0) is 20.8. The summed E-state index contributed by atoms with van der Waals surface area (Å²) in [6.45, 7) is 0.233. The molecular formula is C19H27Cl3N6O3. The van der Waals surface area contributed by atoms with E-state index in [-0.39, 0.29) is 49.3 Å². The van der Waals surface area contributed by atoms with Gasteiger partial charge in [0.15, 0.2) is 0 Å². The molecule has 1 aromatic carbocycles. The molecule has 31 heavy (non-hydrogen) atoms. The summed E-state index contributed by atoms with van der Waals surface area (Å²) >= 11 is 6.18. The van der Waals surface area contributed by atoms with Crippen molar-refractivity contribution in [2.24, 2.45) is 0 Å². The fourth-order valence-electron chi connectivity index (χ4n) is 3.51. The minimum Gasteiger partial charge on any atom is -0.377 e. The third kappa shape index (κ3) is 7.05. The second-order valence-corrected chi connectivity index (χ2v) is 7.33. The van der Waals surface area contributed by atoms with Crippen LogP contribution in [0.2, 0.25) is 5.02 Å². The summed E-state index contributed by atoms with van der Waals surface area (Å²) in [6, 6.07) is 5.31. The van der Waals surface area contributed by atoms with E-state index in [1.165, 1.54) is 7.11 Å². The predicted molar refractivity (Wildman–Crippen MR) is 126 cm³/mol. The molecule has 9 nitrogen and oxygen atoms in total. The number of amides is 1. The largest absolute Gasteiger partial charge is 0.377 e. The average molecular weight is 494 g/mol. The summed E-state index contributed by atoms with van der Waals surface area (Å²) in [5.41, 5.74) is 2.84. The molecule has 0 radical (unpaired) electrons. The van der Waals surface area contributed by atoms with E-state index in [0.29, 0.717) is 22.2 Å². The van der Waals surface area contributed by atoms with E-state index < -0.39 is 5.91 Å². The van der Waals surface area contributed by atoms with Crippen LogP contribution in [0.3, 0.4) is 0 Å². The van der Waals surface area contributed by atoms with Crippen LogP contribution in [-0.2, 0) is 9.57 Å². The smallest absolute Gasteiger partial charge is 0.312 e. The number of amidine groups is 1. The minimum atomic E-state index is -0.535. The van der Waals surface area contributed by atoms with Crippen molar-refractivity contribution < 1.29 is 14.4 Å². The van der Waals surface area contributed by atoms with Gasteiger partial charge in [-0.05, 0) is 31.0 Å². The van der Waals surface area contributed by atoms with E-state index in [4.69, 9.17) is 26.6 Å². The standard InChI is InChI=1S/C19H25ClN6O3.2ClH/c1-28-10-16(21)22-14-5-3-4-6-15(14)24-17-12-9-11(20)7-8-13(12)23-18(25-17)19(27)26-29-2;;/h7-9,14-15H,3-6,10H2,1-2H3,(H2,21,22)(H,26,27)(H,23,24,25);2*1H/t14-,15+;;/m1../s1.